The van der Waals surface area contributed by atoms with Crippen LogP contribution in [0.2, 0.25) is 0 Å². The number of Topliss-reactive ketones (excluding diaryl/α,β-unsaturated/α-hetero) is 1. The van der Waals surface area contributed by atoms with Crippen molar-refractivity contribution in [3.63, 3.8) is 0 Å². The van der Waals surface area contributed by atoms with Crippen LogP contribution in [0.4, 0.5) is 0 Å². The van der Waals surface area contributed by atoms with Gasteiger partial charge in [-0.15, -0.1) is 0 Å². The molecule has 0 unspecified atom stereocenters. The quantitative estimate of drug-likeness (QED) is 0.505. The van der Waals surface area contributed by atoms with Crippen molar-refractivity contribution in [1.29, 1.82) is 0 Å². The summed E-state index contributed by atoms with van der Waals surface area (Å²) in [4.78, 5) is 20.9. The molecule has 1 rings (SSSR count). The lowest BCUT2D eigenvalue weighted by atomic mass is 9.99. The number of nitrogens with zero attached hydrogens (tertiary/aromatic N) is 1. The number of carbonyl (C=O) groups excluding carboxylic acids is 1. The van der Waals surface area contributed by atoms with E-state index in [0.717, 1.165) is 0 Å². The maximum atomic E-state index is 11.1. The molecule has 5 heteroatoms. The highest BCUT2D eigenvalue weighted by Gasteiger charge is 2.17. The van der Waals surface area contributed by atoms with Crippen molar-refractivity contribution in [2.24, 2.45) is 5.73 Å². The van der Waals surface area contributed by atoms with Gasteiger partial charge in [-0.2, -0.15) is 0 Å². The van der Waals surface area contributed by atoms with Crippen LogP contribution >= 0.6 is 0 Å². The van der Waals surface area contributed by atoms with Crippen LogP contribution in [0.3, 0.4) is 0 Å². The van der Waals surface area contributed by atoms with E-state index in [2.05, 4.69) is 0 Å². The molecular formula is C8H10N2O3. The Hall–Kier alpha value is -1.49. The molecule has 13 heavy (non-hydrogen) atoms. The summed E-state index contributed by atoms with van der Waals surface area (Å²) in [6.07, 6.45) is 3.58. The number of ketones is 1. The van der Waals surface area contributed by atoms with Crippen molar-refractivity contribution in [3.8, 4) is 0 Å². The number of hydrogen-bond donors (Lipinski definition) is 1. The smallest absolute Gasteiger partial charge is 0.246 e. The monoisotopic (exact) mass is 182 g/mol. The van der Waals surface area contributed by atoms with Crippen molar-refractivity contribution in [2.75, 3.05) is 6.54 Å². The van der Waals surface area contributed by atoms with Gasteiger partial charge in [0.15, 0.2) is 5.78 Å². The number of hydrogen-bond acceptors (Lipinski definition) is 4. The molecule has 0 radical (unpaired) electrons. The third kappa shape index (κ3) is 2.22. The first-order valence-corrected chi connectivity index (χ1v) is 3.92. The molecule has 70 valence electrons. The van der Waals surface area contributed by atoms with E-state index in [4.69, 9.17) is 5.73 Å². The molecule has 0 aromatic carbocycles. The lowest BCUT2D eigenvalue weighted by Gasteiger charge is -2.07. The summed E-state index contributed by atoms with van der Waals surface area (Å²) in [5.41, 5.74) is 5.88. The Morgan fingerprint density at radius 3 is 2.62 bits per heavy atom. The molecule has 2 N–H and O–H groups in total. The molecule has 0 aliphatic heterocycles. The molecular weight excluding hydrogens is 172 g/mol. The lowest BCUT2D eigenvalue weighted by molar-refractivity contribution is -0.428. The minimum absolute atomic E-state index is 0.0343. The normalized spacial score (nSPS) is 16.1. The number of carbonyl (C=O) groups is 1. The zero-order valence-electron chi connectivity index (χ0n) is 7.03. The van der Waals surface area contributed by atoms with Gasteiger partial charge in [0, 0.05) is 12.5 Å². The van der Waals surface area contributed by atoms with Crippen LogP contribution in [0.15, 0.2) is 23.4 Å². The molecule has 0 spiro atoms. The van der Waals surface area contributed by atoms with Gasteiger partial charge >= 0.3 is 0 Å². The Morgan fingerprint density at radius 2 is 2.23 bits per heavy atom. The van der Waals surface area contributed by atoms with Crippen molar-refractivity contribution in [3.05, 3.63) is 33.5 Å². The van der Waals surface area contributed by atoms with Gasteiger partial charge in [0.2, 0.25) is 5.70 Å². The second kappa shape index (κ2) is 3.95. The third-order valence-electron chi connectivity index (χ3n) is 1.91. The van der Waals surface area contributed by atoms with Crippen molar-refractivity contribution in [2.45, 2.75) is 12.8 Å². The average molecular weight is 182 g/mol. The number of nitro groups is 1. The van der Waals surface area contributed by atoms with Crippen LogP contribution in [-0.4, -0.2) is 17.3 Å². The summed E-state index contributed by atoms with van der Waals surface area (Å²) in [5.74, 6) is -0.140. The standard InChI is InChI=1S/C8H10N2O3/c9-5-8(11)6-1-3-7(4-2-6)10(12)13/h1,3H,2,4-5,9H2. The minimum atomic E-state index is -0.430. The fraction of sp³-hybridized carbons (Fsp3) is 0.375. The van der Waals surface area contributed by atoms with Crippen LogP contribution in [-0.2, 0) is 4.79 Å². The van der Waals surface area contributed by atoms with Crippen molar-refractivity contribution in [1.82, 2.24) is 0 Å². The fourth-order valence-corrected chi connectivity index (χ4v) is 1.14. The predicted octanol–water partition coefficient (Wildman–Crippen LogP) is 0.395. The van der Waals surface area contributed by atoms with Gasteiger partial charge in [0.25, 0.3) is 0 Å². The summed E-state index contributed by atoms with van der Waals surface area (Å²) in [7, 11) is 0. The van der Waals surface area contributed by atoms with E-state index in [0.29, 0.717) is 18.4 Å². The summed E-state index contributed by atoms with van der Waals surface area (Å²) in [6.45, 7) is -0.0343. The van der Waals surface area contributed by atoms with Crippen LogP contribution < -0.4 is 5.73 Å². The molecule has 0 bridgehead atoms. The molecule has 0 fully saturated rings. The largest absolute Gasteiger partial charge is 0.324 e. The van der Waals surface area contributed by atoms with E-state index >= 15 is 0 Å². The number of allylic oxidation sites excluding steroid dienone is 3. The van der Waals surface area contributed by atoms with Crippen LogP contribution in [0.5, 0.6) is 0 Å². The fourth-order valence-electron chi connectivity index (χ4n) is 1.14. The summed E-state index contributed by atoms with van der Waals surface area (Å²) < 4.78 is 0. The van der Waals surface area contributed by atoms with E-state index in [9.17, 15) is 14.9 Å². The van der Waals surface area contributed by atoms with E-state index in [1.54, 1.807) is 0 Å². The van der Waals surface area contributed by atoms with E-state index in [-0.39, 0.29) is 18.0 Å². The maximum Gasteiger partial charge on any atom is 0.246 e. The first-order valence-electron chi connectivity index (χ1n) is 3.92. The Kier molecular flexibility index (Phi) is 2.92. The van der Waals surface area contributed by atoms with Gasteiger partial charge in [0.05, 0.1) is 11.5 Å². The van der Waals surface area contributed by atoms with Gasteiger partial charge in [-0.05, 0) is 18.1 Å². The van der Waals surface area contributed by atoms with Gasteiger partial charge in [-0.25, -0.2) is 0 Å². The Labute approximate surface area is 75.1 Å². The Balaban J connectivity index is 2.76. The van der Waals surface area contributed by atoms with Gasteiger partial charge < -0.3 is 5.73 Å². The minimum Gasteiger partial charge on any atom is -0.324 e. The van der Waals surface area contributed by atoms with E-state index < -0.39 is 4.92 Å². The second-order valence-electron chi connectivity index (χ2n) is 2.73. The summed E-state index contributed by atoms with van der Waals surface area (Å²) in [5, 5.41) is 10.3. The van der Waals surface area contributed by atoms with Crippen molar-refractivity contribution >= 4 is 5.78 Å². The van der Waals surface area contributed by atoms with E-state index in [1.807, 2.05) is 0 Å². The first-order chi connectivity index (χ1) is 6.15. The van der Waals surface area contributed by atoms with Crippen LogP contribution in [0, 0.1) is 10.1 Å². The highest BCUT2D eigenvalue weighted by atomic mass is 16.6. The number of rotatable bonds is 3. The highest BCUT2D eigenvalue weighted by Crippen LogP contribution is 2.18. The zero-order valence-corrected chi connectivity index (χ0v) is 7.03. The molecule has 0 atom stereocenters. The molecule has 1 aliphatic rings. The molecule has 1 aliphatic carbocycles. The second-order valence-corrected chi connectivity index (χ2v) is 2.73. The van der Waals surface area contributed by atoms with Gasteiger partial charge in [0.1, 0.15) is 0 Å². The highest BCUT2D eigenvalue weighted by molar-refractivity contribution is 5.97. The Morgan fingerprint density at radius 1 is 1.54 bits per heavy atom. The average Bonchev–Trinajstić information content (AvgIpc) is 2.17. The summed E-state index contributed by atoms with van der Waals surface area (Å²) >= 11 is 0. The van der Waals surface area contributed by atoms with E-state index in [1.165, 1.54) is 12.2 Å². The molecule has 5 nitrogen and oxygen atoms in total. The molecule has 0 amide bonds. The molecule has 0 aromatic heterocycles. The SMILES string of the molecule is NCC(=O)C1=CC=C([N+](=O)[O-])CC1. The summed E-state index contributed by atoms with van der Waals surface area (Å²) in [6, 6.07) is 0. The zero-order chi connectivity index (χ0) is 9.84. The van der Waals surface area contributed by atoms with Crippen LogP contribution in [0.1, 0.15) is 12.8 Å². The molecule has 0 heterocycles. The Bertz CT molecular complexity index is 305. The van der Waals surface area contributed by atoms with Crippen molar-refractivity contribution < 1.29 is 9.72 Å². The molecule has 0 aromatic rings. The third-order valence-corrected chi connectivity index (χ3v) is 1.91. The van der Waals surface area contributed by atoms with Gasteiger partial charge in [-0.3, -0.25) is 14.9 Å². The number of nitrogens with two attached hydrogens (primary N) is 1. The maximum absolute atomic E-state index is 11.1. The molecule has 0 saturated carbocycles. The first kappa shape index (κ1) is 9.60. The lowest BCUT2D eigenvalue weighted by Crippen LogP contribution is -2.17. The van der Waals surface area contributed by atoms with Gasteiger partial charge in [-0.1, -0.05) is 0 Å². The topological polar surface area (TPSA) is 86.2 Å². The predicted molar refractivity (Wildman–Crippen MR) is 46.5 cm³/mol. The van der Waals surface area contributed by atoms with Crippen LogP contribution in [0.25, 0.3) is 0 Å². The molecule has 0 saturated heterocycles.